The van der Waals surface area contributed by atoms with E-state index in [1.54, 1.807) is 6.92 Å². The van der Waals surface area contributed by atoms with Crippen molar-refractivity contribution >= 4 is 5.97 Å². The van der Waals surface area contributed by atoms with E-state index in [9.17, 15) is 4.79 Å². The lowest BCUT2D eigenvalue weighted by Crippen LogP contribution is -2.55. The highest BCUT2D eigenvalue weighted by Crippen LogP contribution is 2.39. The molecule has 0 aromatic heterocycles. The summed E-state index contributed by atoms with van der Waals surface area (Å²) in [5, 5.41) is 0. The van der Waals surface area contributed by atoms with Gasteiger partial charge < -0.3 is 14.2 Å². The van der Waals surface area contributed by atoms with Gasteiger partial charge in [-0.25, -0.2) is 4.79 Å². The van der Waals surface area contributed by atoms with Gasteiger partial charge >= 0.3 is 5.97 Å². The van der Waals surface area contributed by atoms with E-state index in [1.807, 2.05) is 36.4 Å². The molecule has 2 aromatic rings. The highest BCUT2D eigenvalue weighted by atomic mass is 16.7. The van der Waals surface area contributed by atoms with Gasteiger partial charge in [0.2, 0.25) is 0 Å². The van der Waals surface area contributed by atoms with Crippen LogP contribution in [0.5, 0.6) is 0 Å². The molecule has 0 radical (unpaired) electrons. The van der Waals surface area contributed by atoms with Crippen LogP contribution in [0.4, 0.5) is 0 Å². The lowest BCUT2D eigenvalue weighted by atomic mass is 9.75. The van der Waals surface area contributed by atoms with E-state index in [4.69, 9.17) is 14.2 Å². The standard InChI is InChI=1S/C19H20O4/c1-18(17(20)21-2)22-13-19(14-23-18,15-9-5-3-6-10-15)16-11-7-4-8-12-16/h3-12H,13-14H2,1-2H3. The molecular weight excluding hydrogens is 292 g/mol. The first-order chi connectivity index (χ1) is 11.1. The SMILES string of the molecule is COC(=O)C1(C)OCC(c2ccccc2)(c2ccccc2)CO1. The molecular formula is C19H20O4. The second-order valence-electron chi connectivity index (χ2n) is 5.83. The molecule has 0 saturated carbocycles. The average molecular weight is 312 g/mol. The van der Waals surface area contributed by atoms with E-state index in [1.165, 1.54) is 7.11 Å². The van der Waals surface area contributed by atoms with Crippen molar-refractivity contribution in [3.8, 4) is 0 Å². The number of carbonyl (C=O) groups is 1. The molecule has 0 amide bonds. The molecule has 0 atom stereocenters. The fourth-order valence-electron chi connectivity index (χ4n) is 2.92. The van der Waals surface area contributed by atoms with E-state index < -0.39 is 17.2 Å². The molecule has 4 nitrogen and oxygen atoms in total. The molecule has 120 valence electrons. The van der Waals surface area contributed by atoms with Gasteiger partial charge in [-0.1, -0.05) is 60.7 Å². The zero-order valence-electron chi connectivity index (χ0n) is 13.3. The van der Waals surface area contributed by atoms with E-state index in [-0.39, 0.29) is 0 Å². The first-order valence-corrected chi connectivity index (χ1v) is 7.58. The number of methoxy groups -OCH3 is 1. The molecule has 1 saturated heterocycles. The predicted octanol–water partition coefficient (Wildman–Crippen LogP) is 2.91. The number of esters is 1. The van der Waals surface area contributed by atoms with Crippen molar-refractivity contribution in [2.24, 2.45) is 0 Å². The molecule has 0 spiro atoms. The molecule has 4 heteroatoms. The number of benzene rings is 2. The maximum atomic E-state index is 11.9. The zero-order valence-corrected chi connectivity index (χ0v) is 13.3. The fraction of sp³-hybridized carbons (Fsp3) is 0.316. The van der Waals surface area contributed by atoms with Crippen molar-refractivity contribution in [3.05, 3.63) is 71.8 Å². The second kappa shape index (κ2) is 6.14. The van der Waals surface area contributed by atoms with Gasteiger partial charge in [-0.05, 0) is 11.1 Å². The molecule has 1 heterocycles. The van der Waals surface area contributed by atoms with Crippen molar-refractivity contribution in [1.82, 2.24) is 0 Å². The fourth-order valence-corrected chi connectivity index (χ4v) is 2.92. The summed E-state index contributed by atoms with van der Waals surface area (Å²) >= 11 is 0. The molecule has 1 aliphatic rings. The summed E-state index contributed by atoms with van der Waals surface area (Å²) < 4.78 is 16.5. The number of hydrogen-bond acceptors (Lipinski definition) is 4. The summed E-state index contributed by atoms with van der Waals surface area (Å²) in [6.07, 6.45) is 0. The van der Waals surface area contributed by atoms with Crippen molar-refractivity contribution in [1.29, 1.82) is 0 Å². The lowest BCUT2D eigenvalue weighted by Gasteiger charge is -2.44. The van der Waals surface area contributed by atoms with Gasteiger partial charge in [0, 0.05) is 6.92 Å². The number of ether oxygens (including phenoxy) is 3. The number of rotatable bonds is 3. The topological polar surface area (TPSA) is 44.8 Å². The van der Waals surface area contributed by atoms with Crippen LogP contribution in [0.15, 0.2) is 60.7 Å². The van der Waals surface area contributed by atoms with Crippen LogP contribution in [0, 0.1) is 0 Å². The third-order valence-corrected chi connectivity index (χ3v) is 4.40. The van der Waals surface area contributed by atoms with Gasteiger partial charge in [0.15, 0.2) is 0 Å². The van der Waals surface area contributed by atoms with Crippen molar-refractivity contribution in [3.63, 3.8) is 0 Å². The van der Waals surface area contributed by atoms with E-state index in [0.29, 0.717) is 13.2 Å². The molecule has 1 aliphatic heterocycles. The summed E-state index contributed by atoms with van der Waals surface area (Å²) in [7, 11) is 1.33. The Morgan fingerprint density at radius 1 is 0.913 bits per heavy atom. The summed E-state index contributed by atoms with van der Waals surface area (Å²) in [6.45, 7) is 2.28. The van der Waals surface area contributed by atoms with Crippen LogP contribution in [-0.2, 0) is 24.4 Å². The Kier molecular flexibility index (Phi) is 4.20. The maximum absolute atomic E-state index is 11.9. The summed E-state index contributed by atoms with van der Waals surface area (Å²) in [5.74, 6) is -1.88. The van der Waals surface area contributed by atoms with Crippen LogP contribution in [0.2, 0.25) is 0 Å². The molecule has 0 N–H and O–H groups in total. The second-order valence-corrected chi connectivity index (χ2v) is 5.83. The number of hydrogen-bond donors (Lipinski definition) is 0. The minimum atomic E-state index is -1.36. The molecule has 0 bridgehead atoms. The third-order valence-electron chi connectivity index (χ3n) is 4.40. The average Bonchev–Trinajstić information content (AvgIpc) is 2.63. The van der Waals surface area contributed by atoms with Gasteiger partial charge in [-0.2, -0.15) is 0 Å². The lowest BCUT2D eigenvalue weighted by molar-refractivity contribution is -0.273. The van der Waals surface area contributed by atoms with Crippen molar-refractivity contribution in [2.75, 3.05) is 20.3 Å². The third kappa shape index (κ3) is 2.76. The van der Waals surface area contributed by atoms with E-state index >= 15 is 0 Å². The Morgan fingerprint density at radius 3 is 1.74 bits per heavy atom. The van der Waals surface area contributed by atoms with Gasteiger partial charge in [0.1, 0.15) is 0 Å². The van der Waals surface area contributed by atoms with Gasteiger partial charge in [-0.15, -0.1) is 0 Å². The monoisotopic (exact) mass is 312 g/mol. The molecule has 0 aliphatic carbocycles. The van der Waals surface area contributed by atoms with Crippen molar-refractivity contribution < 1.29 is 19.0 Å². The summed E-state index contributed by atoms with van der Waals surface area (Å²) in [5.41, 5.74) is 1.74. The smallest absolute Gasteiger partial charge is 0.366 e. The van der Waals surface area contributed by atoms with Crippen molar-refractivity contribution in [2.45, 2.75) is 18.1 Å². The summed E-state index contributed by atoms with van der Waals surface area (Å²) in [6, 6.07) is 20.2. The quantitative estimate of drug-likeness (QED) is 0.818. The molecule has 3 rings (SSSR count). The Morgan fingerprint density at radius 2 is 1.35 bits per heavy atom. The van der Waals surface area contributed by atoms with Crippen LogP contribution in [-0.4, -0.2) is 32.1 Å². The normalized spacial score (nSPS) is 19.0. The Labute approximate surface area is 136 Å². The molecule has 2 aromatic carbocycles. The Bertz CT molecular complexity index is 617. The molecule has 23 heavy (non-hydrogen) atoms. The highest BCUT2D eigenvalue weighted by molar-refractivity contribution is 5.77. The zero-order chi connectivity index (χ0) is 16.3. The van der Waals surface area contributed by atoms with E-state index in [0.717, 1.165) is 11.1 Å². The first-order valence-electron chi connectivity index (χ1n) is 7.58. The Balaban J connectivity index is 1.99. The van der Waals surface area contributed by atoms with Gasteiger partial charge in [0.25, 0.3) is 5.79 Å². The van der Waals surface area contributed by atoms with Crippen LogP contribution < -0.4 is 0 Å². The van der Waals surface area contributed by atoms with Crippen LogP contribution in [0.25, 0.3) is 0 Å². The predicted molar refractivity (Wildman–Crippen MR) is 86.0 cm³/mol. The largest absolute Gasteiger partial charge is 0.465 e. The van der Waals surface area contributed by atoms with Crippen LogP contribution >= 0.6 is 0 Å². The van der Waals surface area contributed by atoms with Crippen LogP contribution in [0.1, 0.15) is 18.1 Å². The molecule has 1 fully saturated rings. The molecule has 0 unspecified atom stereocenters. The Hall–Kier alpha value is -2.17. The van der Waals surface area contributed by atoms with E-state index in [2.05, 4.69) is 24.3 Å². The first kappa shape index (κ1) is 15.7. The summed E-state index contributed by atoms with van der Waals surface area (Å²) in [4.78, 5) is 11.9. The number of carbonyl (C=O) groups excluding carboxylic acids is 1. The van der Waals surface area contributed by atoms with Gasteiger partial charge in [0.05, 0.1) is 25.7 Å². The van der Waals surface area contributed by atoms with Gasteiger partial charge in [-0.3, -0.25) is 0 Å². The minimum Gasteiger partial charge on any atom is -0.465 e. The maximum Gasteiger partial charge on any atom is 0.366 e. The van der Waals surface area contributed by atoms with Crippen LogP contribution in [0.3, 0.4) is 0 Å². The highest BCUT2D eigenvalue weighted by Gasteiger charge is 2.48. The minimum absolute atomic E-state index is 0.340.